The van der Waals surface area contributed by atoms with E-state index in [0.29, 0.717) is 18.3 Å². The van der Waals surface area contributed by atoms with Gasteiger partial charge in [-0.3, -0.25) is 4.79 Å². The summed E-state index contributed by atoms with van der Waals surface area (Å²) < 4.78 is 26.0. The number of amides is 1. The average molecular weight is 265 g/mol. The molecule has 2 aliphatic rings. The number of hydrogen-bond donors (Lipinski definition) is 1. The Bertz CT molecular complexity index is 483. The van der Waals surface area contributed by atoms with Crippen LogP contribution in [0.4, 0.5) is 14.5 Å². The lowest BCUT2D eigenvalue weighted by Crippen LogP contribution is -2.20. The van der Waals surface area contributed by atoms with Crippen LogP contribution in [-0.2, 0) is 4.79 Å². The fourth-order valence-electron chi connectivity index (χ4n) is 3.70. The van der Waals surface area contributed by atoms with E-state index in [4.69, 9.17) is 0 Å². The zero-order valence-corrected chi connectivity index (χ0v) is 10.7. The quantitative estimate of drug-likeness (QED) is 0.886. The van der Waals surface area contributed by atoms with E-state index < -0.39 is 11.6 Å². The zero-order valence-electron chi connectivity index (χ0n) is 10.7. The molecule has 0 spiro atoms. The maximum absolute atomic E-state index is 13.0. The van der Waals surface area contributed by atoms with Gasteiger partial charge in [0.05, 0.1) is 0 Å². The molecule has 3 atom stereocenters. The second-order valence-electron chi connectivity index (χ2n) is 5.85. The second-order valence-corrected chi connectivity index (χ2v) is 5.85. The van der Waals surface area contributed by atoms with E-state index in [-0.39, 0.29) is 11.6 Å². The number of carbonyl (C=O) groups excluding carboxylic acids is 1. The van der Waals surface area contributed by atoms with E-state index in [1.54, 1.807) is 0 Å². The summed E-state index contributed by atoms with van der Waals surface area (Å²) in [7, 11) is 0. The highest BCUT2D eigenvalue weighted by molar-refractivity contribution is 5.90. The number of anilines is 1. The van der Waals surface area contributed by atoms with Crippen molar-refractivity contribution in [3.63, 3.8) is 0 Å². The molecule has 102 valence electrons. The molecule has 0 aliphatic heterocycles. The molecule has 0 saturated heterocycles. The van der Waals surface area contributed by atoms with Crippen LogP contribution in [0.3, 0.4) is 0 Å². The number of rotatable bonds is 3. The molecule has 2 nitrogen and oxygen atoms in total. The zero-order chi connectivity index (χ0) is 13.4. The highest BCUT2D eigenvalue weighted by Crippen LogP contribution is 2.49. The van der Waals surface area contributed by atoms with Gasteiger partial charge >= 0.3 is 0 Å². The van der Waals surface area contributed by atoms with Gasteiger partial charge in [-0.15, -0.1) is 0 Å². The van der Waals surface area contributed by atoms with E-state index in [1.807, 2.05) is 0 Å². The number of benzene rings is 1. The minimum atomic E-state index is -0.671. The third kappa shape index (κ3) is 2.77. The summed E-state index contributed by atoms with van der Waals surface area (Å²) in [6.07, 6.45) is 5.40. The first kappa shape index (κ1) is 12.6. The van der Waals surface area contributed by atoms with Gasteiger partial charge in [0.25, 0.3) is 0 Å². The van der Waals surface area contributed by atoms with E-state index >= 15 is 0 Å². The van der Waals surface area contributed by atoms with E-state index in [9.17, 15) is 13.6 Å². The normalized spacial score (nSPS) is 28.6. The first-order valence-electron chi connectivity index (χ1n) is 6.86. The first-order valence-corrected chi connectivity index (χ1v) is 6.86. The van der Waals surface area contributed by atoms with E-state index in [1.165, 1.54) is 19.3 Å². The molecule has 3 rings (SSSR count). The van der Waals surface area contributed by atoms with Crippen molar-refractivity contribution in [2.24, 2.45) is 17.8 Å². The predicted octanol–water partition coefficient (Wildman–Crippen LogP) is 3.73. The Morgan fingerprint density at radius 1 is 1.16 bits per heavy atom. The summed E-state index contributed by atoms with van der Waals surface area (Å²) in [6.45, 7) is 0. The molecule has 1 amide bonds. The number of nitrogens with one attached hydrogen (secondary N) is 1. The topological polar surface area (TPSA) is 29.1 Å². The van der Waals surface area contributed by atoms with Crippen molar-refractivity contribution >= 4 is 11.6 Å². The van der Waals surface area contributed by atoms with Crippen molar-refractivity contribution in [1.29, 1.82) is 0 Å². The minimum Gasteiger partial charge on any atom is -0.326 e. The monoisotopic (exact) mass is 265 g/mol. The second kappa shape index (κ2) is 4.91. The molecule has 4 heteroatoms. The van der Waals surface area contributed by atoms with Crippen molar-refractivity contribution in [3.8, 4) is 0 Å². The number of hydrogen-bond acceptors (Lipinski definition) is 1. The van der Waals surface area contributed by atoms with Gasteiger partial charge in [-0.05, 0) is 49.1 Å². The molecular weight excluding hydrogens is 248 g/mol. The van der Waals surface area contributed by atoms with Gasteiger partial charge in [0.1, 0.15) is 11.6 Å². The maximum Gasteiger partial charge on any atom is 0.224 e. The third-order valence-corrected chi connectivity index (χ3v) is 4.48. The lowest BCUT2D eigenvalue weighted by atomic mass is 9.86. The molecule has 19 heavy (non-hydrogen) atoms. The molecule has 0 heterocycles. The van der Waals surface area contributed by atoms with Crippen molar-refractivity contribution in [2.75, 3.05) is 5.32 Å². The number of fused-ring (bicyclic) bond motifs is 2. The van der Waals surface area contributed by atoms with E-state index in [0.717, 1.165) is 30.5 Å². The summed E-state index contributed by atoms with van der Waals surface area (Å²) in [4.78, 5) is 11.9. The highest BCUT2D eigenvalue weighted by Gasteiger charge is 2.40. The average Bonchev–Trinajstić information content (AvgIpc) is 2.88. The Morgan fingerprint density at radius 2 is 1.89 bits per heavy atom. The Hall–Kier alpha value is -1.45. The van der Waals surface area contributed by atoms with Crippen LogP contribution in [0.2, 0.25) is 0 Å². The smallest absolute Gasteiger partial charge is 0.224 e. The molecule has 1 aromatic carbocycles. The summed E-state index contributed by atoms with van der Waals surface area (Å²) in [5, 5.41) is 2.59. The molecule has 2 bridgehead atoms. The first-order chi connectivity index (χ1) is 9.10. The minimum absolute atomic E-state index is 0.137. The lowest BCUT2D eigenvalue weighted by Gasteiger charge is -2.20. The van der Waals surface area contributed by atoms with Crippen LogP contribution >= 0.6 is 0 Å². The van der Waals surface area contributed by atoms with Crippen LogP contribution < -0.4 is 5.32 Å². The standard InChI is InChI=1S/C15H17F2NO/c16-12-6-13(17)8-14(7-12)18-15(19)5-11-4-9-1-2-10(11)3-9/h6-11H,1-5H2,(H,18,19). The molecule has 2 aliphatic carbocycles. The van der Waals surface area contributed by atoms with Gasteiger partial charge in [0.2, 0.25) is 5.91 Å². The van der Waals surface area contributed by atoms with Gasteiger partial charge in [0, 0.05) is 18.2 Å². The van der Waals surface area contributed by atoms with E-state index in [2.05, 4.69) is 5.32 Å². The Balaban J connectivity index is 1.59. The Labute approximate surface area is 111 Å². The van der Waals surface area contributed by atoms with Crippen LogP contribution in [0.1, 0.15) is 32.1 Å². The largest absolute Gasteiger partial charge is 0.326 e. The summed E-state index contributed by atoms with van der Waals surface area (Å²) in [5.74, 6) is 0.458. The van der Waals surface area contributed by atoms with Gasteiger partial charge in [0.15, 0.2) is 0 Å². The van der Waals surface area contributed by atoms with Gasteiger partial charge in [-0.2, -0.15) is 0 Å². The van der Waals surface area contributed by atoms with Crippen LogP contribution in [-0.4, -0.2) is 5.91 Å². The molecule has 3 unspecified atom stereocenters. The Kier molecular flexibility index (Phi) is 3.25. The number of halogens is 2. The van der Waals surface area contributed by atoms with Gasteiger partial charge < -0.3 is 5.32 Å². The molecule has 0 aromatic heterocycles. The Morgan fingerprint density at radius 3 is 2.47 bits per heavy atom. The van der Waals surface area contributed by atoms with Crippen LogP contribution in [0.5, 0.6) is 0 Å². The fourth-order valence-corrected chi connectivity index (χ4v) is 3.70. The van der Waals surface area contributed by atoms with Crippen LogP contribution in [0.15, 0.2) is 18.2 Å². The van der Waals surface area contributed by atoms with Crippen molar-refractivity contribution in [1.82, 2.24) is 0 Å². The fraction of sp³-hybridized carbons (Fsp3) is 0.533. The van der Waals surface area contributed by atoms with Crippen molar-refractivity contribution in [3.05, 3.63) is 29.8 Å². The maximum atomic E-state index is 13.0. The summed E-state index contributed by atoms with van der Waals surface area (Å²) in [5.41, 5.74) is 0.200. The third-order valence-electron chi connectivity index (χ3n) is 4.48. The SMILES string of the molecule is O=C(CC1CC2CCC1C2)Nc1cc(F)cc(F)c1. The van der Waals surface area contributed by atoms with Crippen LogP contribution in [0, 0.1) is 29.4 Å². The molecule has 2 fully saturated rings. The van der Waals surface area contributed by atoms with Crippen molar-refractivity contribution < 1.29 is 13.6 Å². The molecule has 1 N–H and O–H groups in total. The number of carbonyl (C=O) groups is 1. The molecule has 0 radical (unpaired) electrons. The lowest BCUT2D eigenvalue weighted by molar-refractivity contribution is -0.117. The van der Waals surface area contributed by atoms with Gasteiger partial charge in [-0.1, -0.05) is 6.42 Å². The summed E-state index contributed by atoms with van der Waals surface area (Å²) in [6, 6.07) is 3.08. The molecule has 2 saturated carbocycles. The summed E-state index contributed by atoms with van der Waals surface area (Å²) >= 11 is 0. The van der Waals surface area contributed by atoms with Crippen molar-refractivity contribution in [2.45, 2.75) is 32.1 Å². The van der Waals surface area contributed by atoms with Gasteiger partial charge in [-0.25, -0.2) is 8.78 Å². The molecular formula is C15H17F2NO. The predicted molar refractivity (Wildman–Crippen MR) is 68.5 cm³/mol. The highest BCUT2D eigenvalue weighted by atomic mass is 19.1. The molecule has 1 aromatic rings. The van der Waals surface area contributed by atoms with Crippen LogP contribution in [0.25, 0.3) is 0 Å².